The number of amides is 2. The first-order chi connectivity index (χ1) is 8.23. The lowest BCUT2D eigenvalue weighted by Gasteiger charge is -2.39. The van der Waals surface area contributed by atoms with Crippen LogP contribution in [0.4, 0.5) is 0 Å². The smallest absolute Gasteiger partial charge is 0.245 e. The van der Waals surface area contributed by atoms with Crippen LogP contribution in [0.1, 0.15) is 53.9 Å². The summed E-state index contributed by atoms with van der Waals surface area (Å²) in [6.07, 6.45) is 3.31. The maximum absolute atomic E-state index is 12.6. The van der Waals surface area contributed by atoms with Crippen LogP contribution in [0.15, 0.2) is 0 Å². The van der Waals surface area contributed by atoms with Gasteiger partial charge in [0, 0.05) is 19.5 Å². The Bertz CT molecular complexity index is 320. The Hall–Kier alpha value is -1.06. The van der Waals surface area contributed by atoms with Crippen molar-refractivity contribution < 1.29 is 9.59 Å². The van der Waals surface area contributed by atoms with Crippen molar-refractivity contribution in [2.24, 2.45) is 5.41 Å². The van der Waals surface area contributed by atoms with Crippen LogP contribution in [0.2, 0.25) is 0 Å². The summed E-state index contributed by atoms with van der Waals surface area (Å²) in [6.45, 7) is 10.3. The molecule has 0 saturated carbocycles. The number of carbonyl (C=O) groups is 2. The summed E-state index contributed by atoms with van der Waals surface area (Å²) in [7, 11) is 0. The summed E-state index contributed by atoms with van der Waals surface area (Å²) >= 11 is 0. The van der Waals surface area contributed by atoms with Crippen LogP contribution in [0.25, 0.3) is 0 Å². The van der Waals surface area contributed by atoms with E-state index in [1.807, 2.05) is 25.7 Å². The maximum Gasteiger partial charge on any atom is 0.245 e. The van der Waals surface area contributed by atoms with Gasteiger partial charge in [-0.1, -0.05) is 20.8 Å². The van der Waals surface area contributed by atoms with Crippen molar-refractivity contribution in [1.82, 2.24) is 10.2 Å². The highest BCUT2D eigenvalue weighted by Gasteiger charge is 2.37. The van der Waals surface area contributed by atoms with Gasteiger partial charge in [0.1, 0.15) is 6.04 Å². The lowest BCUT2D eigenvalue weighted by molar-refractivity contribution is -0.142. The van der Waals surface area contributed by atoms with E-state index >= 15 is 0 Å². The Labute approximate surface area is 110 Å². The molecule has 1 saturated heterocycles. The summed E-state index contributed by atoms with van der Waals surface area (Å²) in [4.78, 5) is 25.8. The summed E-state index contributed by atoms with van der Waals surface area (Å²) < 4.78 is 0. The number of likely N-dealkylation sites (tertiary alicyclic amines) is 1. The molecule has 1 aliphatic rings. The van der Waals surface area contributed by atoms with Gasteiger partial charge in [0.15, 0.2) is 0 Å². The van der Waals surface area contributed by atoms with Crippen molar-refractivity contribution in [2.45, 2.75) is 66.0 Å². The summed E-state index contributed by atoms with van der Waals surface area (Å²) in [6, 6.07) is -0.152. The first kappa shape index (κ1) is 15.0. The van der Waals surface area contributed by atoms with Gasteiger partial charge in [0.05, 0.1) is 0 Å². The van der Waals surface area contributed by atoms with Crippen molar-refractivity contribution in [2.75, 3.05) is 6.54 Å². The molecule has 0 bridgehead atoms. The molecule has 1 heterocycles. The predicted octanol–water partition coefficient (Wildman–Crippen LogP) is 1.94. The molecule has 0 unspecified atom stereocenters. The van der Waals surface area contributed by atoms with E-state index in [1.165, 1.54) is 13.3 Å². The second-order valence-electron chi connectivity index (χ2n) is 6.38. The van der Waals surface area contributed by atoms with E-state index in [0.717, 1.165) is 19.4 Å². The summed E-state index contributed by atoms with van der Waals surface area (Å²) in [5.74, 6) is -0.0853. The number of carbonyl (C=O) groups excluding carboxylic acids is 2. The van der Waals surface area contributed by atoms with Crippen LogP contribution in [0.5, 0.6) is 0 Å². The van der Waals surface area contributed by atoms with Gasteiger partial charge in [-0.15, -0.1) is 0 Å². The Morgan fingerprint density at radius 3 is 2.33 bits per heavy atom. The first-order valence-electron chi connectivity index (χ1n) is 6.81. The molecule has 0 aromatic carbocycles. The second-order valence-corrected chi connectivity index (χ2v) is 6.38. The van der Waals surface area contributed by atoms with E-state index < -0.39 is 6.04 Å². The van der Waals surface area contributed by atoms with Gasteiger partial charge < -0.3 is 10.2 Å². The number of nitrogens with zero attached hydrogens (tertiary/aromatic N) is 1. The van der Waals surface area contributed by atoms with E-state index in [9.17, 15) is 9.59 Å². The Balaban J connectivity index is 2.84. The average Bonchev–Trinajstić information content (AvgIpc) is 2.24. The van der Waals surface area contributed by atoms with E-state index in [1.54, 1.807) is 0 Å². The van der Waals surface area contributed by atoms with Crippen LogP contribution >= 0.6 is 0 Å². The third kappa shape index (κ3) is 3.72. The van der Waals surface area contributed by atoms with Crippen molar-refractivity contribution in [3.8, 4) is 0 Å². The zero-order valence-corrected chi connectivity index (χ0v) is 12.2. The minimum atomic E-state index is -0.435. The van der Waals surface area contributed by atoms with E-state index in [2.05, 4.69) is 12.2 Å². The van der Waals surface area contributed by atoms with Crippen LogP contribution in [-0.2, 0) is 9.59 Å². The third-order valence-electron chi connectivity index (χ3n) is 3.55. The molecule has 18 heavy (non-hydrogen) atoms. The molecule has 4 nitrogen and oxygen atoms in total. The monoisotopic (exact) mass is 254 g/mol. The number of hydrogen-bond donors (Lipinski definition) is 1. The number of nitrogens with one attached hydrogen (secondary N) is 1. The number of rotatable bonds is 2. The highest BCUT2D eigenvalue weighted by Crippen LogP contribution is 2.24. The zero-order valence-electron chi connectivity index (χ0n) is 12.2. The molecule has 0 aliphatic carbocycles. The fraction of sp³-hybridized carbons (Fsp3) is 0.857. The van der Waals surface area contributed by atoms with Gasteiger partial charge in [-0.2, -0.15) is 0 Å². The van der Waals surface area contributed by atoms with Gasteiger partial charge in [0.25, 0.3) is 0 Å². The Morgan fingerprint density at radius 1 is 1.28 bits per heavy atom. The summed E-state index contributed by atoms with van der Waals surface area (Å²) in [5.41, 5.74) is -0.264. The van der Waals surface area contributed by atoms with Gasteiger partial charge in [-0.3, -0.25) is 9.59 Å². The van der Waals surface area contributed by atoms with Crippen molar-refractivity contribution in [3.63, 3.8) is 0 Å². The predicted molar refractivity (Wildman–Crippen MR) is 72.1 cm³/mol. The first-order valence-corrected chi connectivity index (χ1v) is 6.81. The van der Waals surface area contributed by atoms with E-state index in [-0.39, 0.29) is 23.3 Å². The highest BCUT2D eigenvalue weighted by atomic mass is 16.2. The normalized spacial score (nSPS) is 22.5. The molecule has 0 aromatic rings. The molecule has 0 radical (unpaired) electrons. The largest absolute Gasteiger partial charge is 0.344 e. The standard InChI is InChI=1S/C14H26N2O2/c1-10-8-6-7-9-16(10)13(18)12(14(3,4)5)15-11(2)17/h10,12H,6-9H2,1-5H3,(H,15,17)/t10-,12-/m1/s1. The maximum atomic E-state index is 12.6. The lowest BCUT2D eigenvalue weighted by Crippen LogP contribution is -2.57. The molecule has 1 aliphatic heterocycles. The minimum absolute atomic E-state index is 0.0601. The number of hydrogen-bond acceptors (Lipinski definition) is 2. The zero-order chi connectivity index (χ0) is 13.9. The molecule has 0 spiro atoms. The van der Waals surface area contributed by atoms with Crippen molar-refractivity contribution in [3.05, 3.63) is 0 Å². The second kappa shape index (κ2) is 5.72. The molecule has 2 amide bonds. The Kier molecular flexibility index (Phi) is 4.77. The van der Waals surface area contributed by atoms with Crippen molar-refractivity contribution >= 4 is 11.8 Å². The van der Waals surface area contributed by atoms with Crippen LogP contribution in [-0.4, -0.2) is 35.3 Å². The highest BCUT2D eigenvalue weighted by molar-refractivity contribution is 5.87. The average molecular weight is 254 g/mol. The third-order valence-corrected chi connectivity index (χ3v) is 3.55. The summed E-state index contributed by atoms with van der Waals surface area (Å²) in [5, 5.41) is 2.81. The van der Waals surface area contributed by atoms with Gasteiger partial charge in [-0.25, -0.2) is 0 Å². The fourth-order valence-corrected chi connectivity index (χ4v) is 2.44. The van der Waals surface area contributed by atoms with Crippen molar-refractivity contribution in [1.29, 1.82) is 0 Å². The SMILES string of the molecule is CC(=O)N[C@H](C(=O)N1CCCC[C@H]1C)C(C)(C)C. The van der Waals surface area contributed by atoms with E-state index in [4.69, 9.17) is 0 Å². The Morgan fingerprint density at radius 2 is 1.89 bits per heavy atom. The molecule has 104 valence electrons. The molecular formula is C14H26N2O2. The van der Waals surface area contributed by atoms with Crippen LogP contribution in [0.3, 0.4) is 0 Å². The molecular weight excluding hydrogens is 228 g/mol. The number of piperidine rings is 1. The van der Waals surface area contributed by atoms with Crippen LogP contribution in [0, 0.1) is 5.41 Å². The molecule has 1 fully saturated rings. The quantitative estimate of drug-likeness (QED) is 0.818. The lowest BCUT2D eigenvalue weighted by atomic mass is 9.85. The molecule has 1 rings (SSSR count). The molecule has 1 N–H and O–H groups in total. The minimum Gasteiger partial charge on any atom is -0.344 e. The topological polar surface area (TPSA) is 49.4 Å². The van der Waals surface area contributed by atoms with Gasteiger partial charge >= 0.3 is 0 Å². The van der Waals surface area contributed by atoms with Gasteiger partial charge in [-0.05, 0) is 31.6 Å². The molecule has 0 aromatic heterocycles. The van der Waals surface area contributed by atoms with E-state index in [0.29, 0.717) is 0 Å². The fourth-order valence-electron chi connectivity index (χ4n) is 2.44. The molecule has 4 heteroatoms. The van der Waals surface area contributed by atoms with Gasteiger partial charge in [0.2, 0.25) is 11.8 Å². The van der Waals surface area contributed by atoms with Crippen LogP contribution < -0.4 is 5.32 Å². The molecule has 2 atom stereocenters.